The number of carbonyl (C=O) groups is 1. The standard InChI is InChI=1S/C12H17NO5S/c1-17-12(14)10-8-9(13)4-5-11(10)18-6-3-7-19(2,15)16/h4-5,8H,3,6-7,13H2,1-2H3. The second-order valence-electron chi connectivity index (χ2n) is 4.08. The molecule has 0 unspecified atom stereocenters. The highest BCUT2D eigenvalue weighted by Gasteiger charge is 2.13. The van der Waals surface area contributed by atoms with Crippen LogP contribution < -0.4 is 10.5 Å². The first-order chi connectivity index (χ1) is 8.83. The molecule has 0 bridgehead atoms. The third kappa shape index (κ3) is 5.17. The quantitative estimate of drug-likeness (QED) is 0.474. The zero-order valence-electron chi connectivity index (χ0n) is 10.9. The van der Waals surface area contributed by atoms with Gasteiger partial charge in [0.2, 0.25) is 0 Å². The Morgan fingerprint density at radius 3 is 2.63 bits per heavy atom. The van der Waals surface area contributed by atoms with E-state index in [0.29, 0.717) is 17.9 Å². The molecule has 0 aliphatic heterocycles. The summed E-state index contributed by atoms with van der Waals surface area (Å²) in [5.74, 6) is -0.185. The lowest BCUT2D eigenvalue weighted by atomic mass is 10.2. The van der Waals surface area contributed by atoms with Gasteiger partial charge in [0, 0.05) is 11.9 Å². The van der Waals surface area contributed by atoms with Gasteiger partial charge >= 0.3 is 5.97 Å². The number of ether oxygens (including phenoxy) is 2. The Morgan fingerprint density at radius 1 is 1.37 bits per heavy atom. The number of methoxy groups -OCH3 is 1. The van der Waals surface area contributed by atoms with Crippen LogP contribution in [0.4, 0.5) is 5.69 Å². The summed E-state index contributed by atoms with van der Waals surface area (Å²) in [5.41, 5.74) is 6.23. The van der Waals surface area contributed by atoms with Gasteiger partial charge in [-0.1, -0.05) is 0 Å². The Morgan fingerprint density at radius 2 is 2.05 bits per heavy atom. The van der Waals surface area contributed by atoms with E-state index < -0.39 is 15.8 Å². The fourth-order valence-corrected chi connectivity index (χ4v) is 2.09. The molecule has 106 valence electrons. The molecule has 6 nitrogen and oxygen atoms in total. The summed E-state index contributed by atoms with van der Waals surface area (Å²) in [7, 11) is -1.75. The molecule has 0 aliphatic rings. The Labute approximate surface area is 112 Å². The minimum atomic E-state index is -3.01. The van der Waals surface area contributed by atoms with Crippen LogP contribution in [0.2, 0.25) is 0 Å². The average Bonchev–Trinajstić information content (AvgIpc) is 2.33. The molecule has 0 aliphatic carbocycles. The van der Waals surface area contributed by atoms with Gasteiger partial charge in [-0.15, -0.1) is 0 Å². The minimum Gasteiger partial charge on any atom is -0.493 e. The van der Waals surface area contributed by atoms with Crippen LogP contribution in [0, 0.1) is 0 Å². The van der Waals surface area contributed by atoms with E-state index in [1.165, 1.54) is 13.2 Å². The van der Waals surface area contributed by atoms with Crippen molar-refractivity contribution in [2.45, 2.75) is 6.42 Å². The normalized spacial score (nSPS) is 11.1. The van der Waals surface area contributed by atoms with Crippen LogP contribution in [0.5, 0.6) is 5.75 Å². The minimum absolute atomic E-state index is 0.0372. The van der Waals surface area contributed by atoms with Crippen LogP contribution >= 0.6 is 0 Å². The number of carbonyl (C=O) groups excluding carboxylic acids is 1. The van der Waals surface area contributed by atoms with Gasteiger partial charge in [-0.05, 0) is 24.6 Å². The van der Waals surface area contributed by atoms with Gasteiger partial charge in [-0.2, -0.15) is 0 Å². The number of hydrogen-bond acceptors (Lipinski definition) is 6. The number of rotatable bonds is 6. The molecule has 1 rings (SSSR count). The lowest BCUT2D eigenvalue weighted by Gasteiger charge is -2.10. The van der Waals surface area contributed by atoms with Gasteiger partial charge in [-0.3, -0.25) is 0 Å². The summed E-state index contributed by atoms with van der Waals surface area (Å²) in [4.78, 5) is 11.5. The Kier molecular flexibility index (Phi) is 5.17. The van der Waals surface area contributed by atoms with E-state index in [1.807, 2.05) is 0 Å². The predicted molar refractivity (Wildman–Crippen MR) is 72.0 cm³/mol. The lowest BCUT2D eigenvalue weighted by Crippen LogP contribution is -2.10. The molecular weight excluding hydrogens is 270 g/mol. The maximum absolute atomic E-state index is 11.5. The smallest absolute Gasteiger partial charge is 0.341 e. The van der Waals surface area contributed by atoms with Gasteiger partial charge in [0.1, 0.15) is 21.2 Å². The van der Waals surface area contributed by atoms with Crippen LogP contribution in [0.1, 0.15) is 16.8 Å². The molecule has 0 radical (unpaired) electrons. The van der Waals surface area contributed by atoms with E-state index in [0.717, 1.165) is 6.26 Å². The molecule has 7 heteroatoms. The molecule has 0 atom stereocenters. The Balaban J connectivity index is 2.70. The van der Waals surface area contributed by atoms with E-state index in [4.69, 9.17) is 10.5 Å². The Hall–Kier alpha value is -1.76. The molecule has 2 N–H and O–H groups in total. The predicted octanol–water partition coefficient (Wildman–Crippen LogP) is 0.869. The number of sulfone groups is 1. The summed E-state index contributed by atoms with van der Waals surface area (Å²) in [6.07, 6.45) is 1.51. The molecule has 1 aromatic rings. The average molecular weight is 287 g/mol. The van der Waals surface area contributed by atoms with Crippen molar-refractivity contribution in [1.82, 2.24) is 0 Å². The lowest BCUT2D eigenvalue weighted by molar-refractivity contribution is 0.0596. The maximum atomic E-state index is 11.5. The third-order valence-corrected chi connectivity index (χ3v) is 3.36. The first-order valence-electron chi connectivity index (χ1n) is 5.62. The molecule has 0 fully saturated rings. The van der Waals surface area contributed by atoms with Crippen LogP contribution in [0.25, 0.3) is 0 Å². The van der Waals surface area contributed by atoms with Crippen LogP contribution in [0.3, 0.4) is 0 Å². The van der Waals surface area contributed by atoms with Crippen LogP contribution in [-0.2, 0) is 14.6 Å². The zero-order chi connectivity index (χ0) is 14.5. The second kappa shape index (κ2) is 6.42. The van der Waals surface area contributed by atoms with Crippen molar-refractivity contribution in [3.63, 3.8) is 0 Å². The molecule has 0 saturated heterocycles. The molecule has 1 aromatic carbocycles. The largest absolute Gasteiger partial charge is 0.493 e. The second-order valence-corrected chi connectivity index (χ2v) is 6.34. The molecule has 0 saturated carbocycles. The highest BCUT2D eigenvalue weighted by molar-refractivity contribution is 7.90. The number of benzene rings is 1. The number of esters is 1. The Bertz CT molecular complexity index is 553. The van der Waals surface area contributed by atoms with Crippen LogP contribution in [-0.4, -0.2) is 40.1 Å². The molecular formula is C12H17NO5S. The van der Waals surface area contributed by atoms with Crippen molar-refractivity contribution in [1.29, 1.82) is 0 Å². The highest BCUT2D eigenvalue weighted by Crippen LogP contribution is 2.22. The maximum Gasteiger partial charge on any atom is 0.341 e. The first kappa shape index (κ1) is 15.3. The molecule has 19 heavy (non-hydrogen) atoms. The van der Waals surface area contributed by atoms with Crippen molar-refractivity contribution in [2.24, 2.45) is 0 Å². The van der Waals surface area contributed by atoms with E-state index in [2.05, 4.69) is 4.74 Å². The van der Waals surface area contributed by atoms with E-state index >= 15 is 0 Å². The topological polar surface area (TPSA) is 95.7 Å². The van der Waals surface area contributed by atoms with Gasteiger partial charge in [0.05, 0.1) is 19.5 Å². The van der Waals surface area contributed by atoms with Crippen molar-refractivity contribution in [3.8, 4) is 5.75 Å². The van der Waals surface area contributed by atoms with Crippen LogP contribution in [0.15, 0.2) is 18.2 Å². The van der Waals surface area contributed by atoms with E-state index in [9.17, 15) is 13.2 Å². The molecule has 0 aromatic heterocycles. The summed E-state index contributed by atoms with van der Waals surface area (Å²) < 4.78 is 31.9. The zero-order valence-corrected chi connectivity index (χ0v) is 11.7. The molecule has 0 spiro atoms. The van der Waals surface area contributed by atoms with Gasteiger partial charge in [-0.25, -0.2) is 13.2 Å². The number of hydrogen-bond donors (Lipinski definition) is 1. The number of anilines is 1. The van der Waals surface area contributed by atoms with Crippen molar-refractivity contribution in [3.05, 3.63) is 23.8 Å². The first-order valence-corrected chi connectivity index (χ1v) is 7.68. The van der Waals surface area contributed by atoms with Gasteiger partial charge in [0.15, 0.2) is 0 Å². The molecule has 0 heterocycles. The third-order valence-electron chi connectivity index (χ3n) is 2.33. The summed E-state index contributed by atoms with van der Waals surface area (Å²) in [6, 6.07) is 4.61. The monoisotopic (exact) mass is 287 g/mol. The number of nitrogens with two attached hydrogens (primary N) is 1. The van der Waals surface area contributed by atoms with E-state index in [-0.39, 0.29) is 17.9 Å². The summed E-state index contributed by atoms with van der Waals surface area (Å²) in [6.45, 7) is 0.195. The summed E-state index contributed by atoms with van der Waals surface area (Å²) >= 11 is 0. The fourth-order valence-electron chi connectivity index (χ4n) is 1.45. The SMILES string of the molecule is COC(=O)c1cc(N)ccc1OCCCS(C)(=O)=O. The highest BCUT2D eigenvalue weighted by atomic mass is 32.2. The fraction of sp³-hybridized carbons (Fsp3) is 0.417. The molecule has 0 amide bonds. The van der Waals surface area contributed by atoms with Crippen molar-refractivity contribution in [2.75, 3.05) is 31.5 Å². The number of nitrogen functional groups attached to an aromatic ring is 1. The van der Waals surface area contributed by atoms with Crippen molar-refractivity contribution < 1.29 is 22.7 Å². The van der Waals surface area contributed by atoms with E-state index in [1.54, 1.807) is 12.1 Å². The van der Waals surface area contributed by atoms with Crippen molar-refractivity contribution >= 4 is 21.5 Å². The van der Waals surface area contributed by atoms with Gasteiger partial charge < -0.3 is 15.2 Å². The van der Waals surface area contributed by atoms with Gasteiger partial charge in [0.25, 0.3) is 0 Å². The summed E-state index contributed by atoms with van der Waals surface area (Å²) in [5, 5.41) is 0.